The van der Waals surface area contributed by atoms with Gasteiger partial charge in [0.1, 0.15) is 11.5 Å². The fourth-order valence-corrected chi connectivity index (χ4v) is 5.10. The maximum Gasteiger partial charge on any atom is 0.413 e. The predicted molar refractivity (Wildman–Crippen MR) is 129 cm³/mol. The lowest BCUT2D eigenvalue weighted by atomic mass is 10.1. The van der Waals surface area contributed by atoms with Crippen LogP contribution >= 0.6 is 11.3 Å². The summed E-state index contributed by atoms with van der Waals surface area (Å²) in [6.07, 6.45) is 1.61. The number of anilines is 1. The van der Waals surface area contributed by atoms with Crippen LogP contribution < -0.4 is 5.32 Å². The van der Waals surface area contributed by atoms with Crippen LogP contribution in [-0.4, -0.2) is 22.2 Å². The largest absolute Gasteiger partial charge is 0.481 e. The van der Waals surface area contributed by atoms with E-state index in [0.717, 1.165) is 26.4 Å². The van der Waals surface area contributed by atoms with Gasteiger partial charge in [-0.15, -0.1) is 11.3 Å². The molecule has 0 spiro atoms. The number of carboxylic acid groups (broad SMARTS) is 1. The molecule has 1 saturated carbocycles. The van der Waals surface area contributed by atoms with E-state index in [0.29, 0.717) is 18.6 Å². The molecule has 2 heterocycles. The van der Waals surface area contributed by atoms with Crippen molar-refractivity contribution >= 4 is 29.2 Å². The summed E-state index contributed by atoms with van der Waals surface area (Å²) in [5.74, 6) is -0.0580. The zero-order valence-corrected chi connectivity index (χ0v) is 19.2. The molecule has 0 aliphatic heterocycles. The molecule has 1 aliphatic carbocycles. The number of benzene rings is 2. The first-order valence-corrected chi connectivity index (χ1v) is 11.7. The number of rotatable bonds is 7. The van der Waals surface area contributed by atoms with Gasteiger partial charge in [-0.3, -0.25) is 10.1 Å². The van der Waals surface area contributed by atoms with Crippen LogP contribution in [0, 0.1) is 0 Å². The van der Waals surface area contributed by atoms with Crippen LogP contribution in [0.1, 0.15) is 36.3 Å². The number of hydrogen-bond acceptors (Lipinski definition) is 6. The van der Waals surface area contributed by atoms with Gasteiger partial charge in [0.25, 0.3) is 0 Å². The average Bonchev–Trinajstić information content (AvgIpc) is 3.29. The Hall–Kier alpha value is -3.91. The molecule has 1 atom stereocenters. The van der Waals surface area contributed by atoms with E-state index in [1.54, 1.807) is 6.92 Å². The molecule has 7 nitrogen and oxygen atoms in total. The molecule has 2 aromatic heterocycles. The minimum atomic E-state index is -0.752. The molecule has 4 aromatic rings. The number of nitrogens with zero attached hydrogens (tertiary/aromatic N) is 1. The Morgan fingerprint density at radius 1 is 1.06 bits per heavy atom. The number of carbonyl (C=O) groups is 2. The Kier molecular flexibility index (Phi) is 5.67. The van der Waals surface area contributed by atoms with Gasteiger partial charge in [-0.1, -0.05) is 54.6 Å². The zero-order chi connectivity index (χ0) is 23.7. The van der Waals surface area contributed by atoms with Crippen molar-refractivity contribution in [1.29, 1.82) is 0 Å². The van der Waals surface area contributed by atoms with Crippen molar-refractivity contribution in [3.63, 3.8) is 0 Å². The van der Waals surface area contributed by atoms with Crippen molar-refractivity contribution in [2.45, 2.75) is 31.3 Å². The SMILES string of the molecule is C[C@@H](OC(=O)Nc1ncoc1-c1ccc(-c2ccc(C3(C(=O)O)CC3)s2)cc1)c1ccccc1. The Morgan fingerprint density at radius 3 is 2.44 bits per heavy atom. The normalized spacial score (nSPS) is 14.9. The number of thiophene rings is 1. The van der Waals surface area contributed by atoms with Crippen molar-refractivity contribution in [2.75, 3.05) is 5.32 Å². The summed E-state index contributed by atoms with van der Waals surface area (Å²) < 4.78 is 11.0. The van der Waals surface area contributed by atoms with E-state index >= 15 is 0 Å². The van der Waals surface area contributed by atoms with Crippen molar-refractivity contribution in [3.05, 3.63) is 83.6 Å². The second-order valence-electron chi connectivity index (χ2n) is 8.24. The van der Waals surface area contributed by atoms with Gasteiger partial charge >= 0.3 is 12.1 Å². The van der Waals surface area contributed by atoms with E-state index in [-0.39, 0.29) is 5.82 Å². The summed E-state index contributed by atoms with van der Waals surface area (Å²) in [5, 5.41) is 12.2. The quantitative estimate of drug-likeness (QED) is 0.317. The minimum absolute atomic E-state index is 0.272. The third-order valence-electron chi connectivity index (χ3n) is 6.01. The van der Waals surface area contributed by atoms with Crippen LogP contribution in [-0.2, 0) is 14.9 Å². The molecule has 1 aliphatic rings. The standard InChI is InChI=1S/C26H22N2O5S/c1-16(17-5-3-2-4-6-17)33-25(31)28-23-22(32-15-27-23)19-9-7-18(8-10-19)20-11-12-21(34-20)26(13-14-26)24(29)30/h2-12,15-16H,13-14H2,1H3,(H,28,31)(H,29,30)/t16-/m1/s1. The summed E-state index contributed by atoms with van der Waals surface area (Å²) >= 11 is 1.51. The average molecular weight is 475 g/mol. The van der Waals surface area contributed by atoms with Gasteiger partial charge in [0, 0.05) is 15.3 Å². The molecule has 0 saturated heterocycles. The molecule has 5 rings (SSSR count). The Bertz CT molecular complexity index is 1320. The first-order chi connectivity index (χ1) is 16.5. The fourth-order valence-electron chi connectivity index (χ4n) is 3.85. The molecule has 0 radical (unpaired) electrons. The molecule has 8 heteroatoms. The van der Waals surface area contributed by atoms with Gasteiger partial charge < -0.3 is 14.3 Å². The maximum absolute atomic E-state index is 12.4. The molecular formula is C26H22N2O5S. The molecule has 0 bridgehead atoms. The topological polar surface area (TPSA) is 102 Å². The molecule has 1 amide bonds. The minimum Gasteiger partial charge on any atom is -0.481 e. The molecule has 172 valence electrons. The van der Waals surface area contributed by atoms with Crippen LogP contribution in [0.3, 0.4) is 0 Å². The highest BCUT2D eigenvalue weighted by Crippen LogP contribution is 2.51. The van der Waals surface area contributed by atoms with E-state index in [1.165, 1.54) is 17.7 Å². The van der Waals surface area contributed by atoms with Crippen molar-refractivity contribution < 1.29 is 23.8 Å². The smallest absolute Gasteiger partial charge is 0.413 e. The number of carboxylic acids is 1. The number of ether oxygens (including phenoxy) is 1. The highest BCUT2D eigenvalue weighted by Gasteiger charge is 2.52. The maximum atomic E-state index is 12.4. The van der Waals surface area contributed by atoms with Gasteiger partial charge in [0.15, 0.2) is 18.0 Å². The second kappa shape index (κ2) is 8.79. The summed E-state index contributed by atoms with van der Waals surface area (Å²) in [5.41, 5.74) is 1.91. The molecule has 0 unspecified atom stereocenters. The van der Waals surface area contributed by atoms with E-state index in [4.69, 9.17) is 9.15 Å². The van der Waals surface area contributed by atoms with Crippen LogP contribution in [0.5, 0.6) is 0 Å². The lowest BCUT2D eigenvalue weighted by molar-refractivity contribution is -0.139. The van der Waals surface area contributed by atoms with Gasteiger partial charge in [-0.2, -0.15) is 4.98 Å². The second-order valence-corrected chi connectivity index (χ2v) is 9.33. The van der Waals surface area contributed by atoms with Crippen LogP contribution in [0.15, 0.2) is 77.5 Å². The van der Waals surface area contributed by atoms with Crippen molar-refractivity contribution in [3.8, 4) is 21.8 Å². The number of carbonyl (C=O) groups excluding carboxylic acids is 1. The van der Waals surface area contributed by atoms with E-state index in [9.17, 15) is 14.7 Å². The predicted octanol–water partition coefficient (Wildman–Crippen LogP) is 6.50. The molecule has 2 N–H and O–H groups in total. The fraction of sp³-hybridized carbons (Fsp3) is 0.192. The third kappa shape index (κ3) is 4.20. The Morgan fingerprint density at radius 2 is 1.76 bits per heavy atom. The number of aliphatic carboxylic acids is 1. The lowest BCUT2D eigenvalue weighted by Gasteiger charge is -2.13. The summed E-state index contributed by atoms with van der Waals surface area (Å²) in [4.78, 5) is 30.0. The highest BCUT2D eigenvalue weighted by atomic mass is 32.1. The number of amides is 1. The third-order valence-corrected chi connectivity index (χ3v) is 7.35. The summed E-state index contributed by atoms with van der Waals surface area (Å²) in [6.45, 7) is 1.80. The van der Waals surface area contributed by atoms with E-state index in [2.05, 4.69) is 10.3 Å². The monoisotopic (exact) mass is 474 g/mol. The van der Waals surface area contributed by atoms with Crippen LogP contribution in [0.4, 0.5) is 10.6 Å². The number of oxazole rings is 1. The van der Waals surface area contributed by atoms with E-state index in [1.807, 2.05) is 66.7 Å². The van der Waals surface area contributed by atoms with Crippen LogP contribution in [0.25, 0.3) is 21.8 Å². The first-order valence-electron chi connectivity index (χ1n) is 10.9. The van der Waals surface area contributed by atoms with Crippen LogP contribution in [0.2, 0.25) is 0 Å². The summed E-state index contributed by atoms with van der Waals surface area (Å²) in [7, 11) is 0. The molecular weight excluding hydrogens is 452 g/mol. The van der Waals surface area contributed by atoms with Gasteiger partial charge in [0.2, 0.25) is 0 Å². The van der Waals surface area contributed by atoms with Gasteiger partial charge in [-0.25, -0.2) is 4.79 Å². The van der Waals surface area contributed by atoms with E-state index < -0.39 is 23.6 Å². The molecule has 1 fully saturated rings. The number of aromatic nitrogens is 1. The van der Waals surface area contributed by atoms with Gasteiger partial charge in [0.05, 0.1) is 0 Å². The van der Waals surface area contributed by atoms with Crippen molar-refractivity contribution in [1.82, 2.24) is 4.98 Å². The Balaban J connectivity index is 1.28. The van der Waals surface area contributed by atoms with Gasteiger partial charge in [-0.05, 0) is 43.0 Å². The zero-order valence-electron chi connectivity index (χ0n) is 18.4. The lowest BCUT2D eigenvalue weighted by Crippen LogP contribution is -2.17. The first kappa shape index (κ1) is 21.9. The Labute approximate surface area is 200 Å². The van der Waals surface area contributed by atoms with Crippen molar-refractivity contribution in [2.24, 2.45) is 0 Å². The number of nitrogens with one attached hydrogen (secondary N) is 1. The number of hydrogen-bond donors (Lipinski definition) is 2. The molecule has 2 aromatic carbocycles. The summed E-state index contributed by atoms with van der Waals surface area (Å²) in [6, 6.07) is 21.0. The highest BCUT2D eigenvalue weighted by molar-refractivity contribution is 7.15. The molecule has 34 heavy (non-hydrogen) atoms.